The highest BCUT2D eigenvalue weighted by Crippen LogP contribution is 2.45. The molecule has 0 radical (unpaired) electrons. The van der Waals surface area contributed by atoms with Crippen molar-refractivity contribution in [3.63, 3.8) is 0 Å². The Morgan fingerprint density at radius 2 is 2.08 bits per heavy atom. The second-order valence-corrected chi connectivity index (χ2v) is 4.71. The van der Waals surface area contributed by atoms with Crippen LogP contribution < -0.4 is 0 Å². The highest BCUT2D eigenvalue weighted by atomic mass is 16.3. The topological polar surface area (TPSA) is 20.2 Å². The molecule has 1 N–H and O–H groups in total. The molecule has 0 amide bonds. The molecule has 0 bridgehead atoms. The number of aliphatic hydroxyl groups excluding tert-OH is 1. The number of fused-ring (bicyclic) bond motifs is 1. The van der Waals surface area contributed by atoms with E-state index in [1.54, 1.807) is 0 Å². The van der Waals surface area contributed by atoms with Gasteiger partial charge in [-0.3, -0.25) is 0 Å². The van der Waals surface area contributed by atoms with Crippen molar-refractivity contribution in [1.82, 2.24) is 0 Å². The Labute approximate surface area is 79.4 Å². The van der Waals surface area contributed by atoms with Gasteiger partial charge in [-0.1, -0.05) is 32.0 Å². The van der Waals surface area contributed by atoms with Gasteiger partial charge in [-0.2, -0.15) is 0 Å². The van der Waals surface area contributed by atoms with Crippen molar-refractivity contribution in [2.75, 3.05) is 0 Å². The van der Waals surface area contributed by atoms with Crippen molar-refractivity contribution >= 4 is 0 Å². The fourth-order valence-corrected chi connectivity index (χ4v) is 2.20. The van der Waals surface area contributed by atoms with Gasteiger partial charge in [0.05, 0.1) is 6.10 Å². The molecule has 1 aromatic carbocycles. The second-order valence-electron chi connectivity index (χ2n) is 4.71. The minimum atomic E-state index is -0.289. The van der Waals surface area contributed by atoms with Crippen LogP contribution in [0, 0.1) is 12.3 Å². The molecule has 1 atom stereocenters. The fourth-order valence-electron chi connectivity index (χ4n) is 2.20. The maximum Gasteiger partial charge on any atom is 0.0846 e. The number of aliphatic hydroxyl groups is 1. The Kier molecular flexibility index (Phi) is 1.74. The molecule has 1 unspecified atom stereocenters. The third-order valence-electron chi connectivity index (χ3n) is 3.11. The van der Waals surface area contributed by atoms with E-state index in [1.165, 1.54) is 11.1 Å². The zero-order valence-corrected chi connectivity index (χ0v) is 8.46. The van der Waals surface area contributed by atoms with Crippen LogP contribution in [0.15, 0.2) is 18.2 Å². The third kappa shape index (κ3) is 1.19. The first kappa shape index (κ1) is 8.76. The van der Waals surface area contributed by atoms with Crippen LogP contribution in [0.4, 0.5) is 0 Å². The lowest BCUT2D eigenvalue weighted by molar-refractivity contribution is 0.0666. The van der Waals surface area contributed by atoms with E-state index in [0.29, 0.717) is 0 Å². The zero-order valence-electron chi connectivity index (χ0n) is 8.46. The molecule has 1 nitrogen and oxygen atoms in total. The molecule has 1 aromatic rings. The Morgan fingerprint density at radius 1 is 1.38 bits per heavy atom. The lowest BCUT2D eigenvalue weighted by Gasteiger charge is -2.22. The second kappa shape index (κ2) is 2.58. The highest BCUT2D eigenvalue weighted by molar-refractivity contribution is 5.41. The third-order valence-corrected chi connectivity index (χ3v) is 3.11. The molecule has 13 heavy (non-hydrogen) atoms. The Hall–Kier alpha value is -0.820. The van der Waals surface area contributed by atoms with Crippen LogP contribution in [0.25, 0.3) is 0 Å². The molecule has 70 valence electrons. The maximum atomic E-state index is 10.0. The number of rotatable bonds is 0. The van der Waals surface area contributed by atoms with Crippen LogP contribution >= 0.6 is 0 Å². The number of hydrogen-bond acceptors (Lipinski definition) is 1. The minimum absolute atomic E-state index is 0.00838. The molecule has 0 saturated carbocycles. The van der Waals surface area contributed by atoms with Crippen LogP contribution in [0.1, 0.15) is 36.6 Å². The van der Waals surface area contributed by atoms with Crippen molar-refractivity contribution < 1.29 is 5.11 Å². The molecular formula is C12H16O. The smallest absolute Gasteiger partial charge is 0.0846 e. The van der Waals surface area contributed by atoms with E-state index in [2.05, 4.69) is 26.8 Å². The molecule has 0 spiro atoms. The Balaban J connectivity index is 2.56. The Morgan fingerprint density at radius 3 is 2.69 bits per heavy atom. The molecule has 1 heteroatoms. The predicted octanol–water partition coefficient (Wildman–Crippen LogP) is 2.61. The molecule has 0 saturated heterocycles. The van der Waals surface area contributed by atoms with Crippen molar-refractivity contribution in [3.8, 4) is 0 Å². The van der Waals surface area contributed by atoms with Gasteiger partial charge < -0.3 is 5.11 Å². The molecule has 0 aliphatic heterocycles. The molecule has 1 aliphatic carbocycles. The van der Waals surface area contributed by atoms with Crippen molar-refractivity contribution in [2.24, 2.45) is 5.41 Å². The Bertz CT molecular complexity index is 339. The first-order chi connectivity index (χ1) is 6.02. The van der Waals surface area contributed by atoms with E-state index in [9.17, 15) is 5.11 Å². The summed E-state index contributed by atoms with van der Waals surface area (Å²) in [6, 6.07) is 6.19. The molecule has 1 aliphatic rings. The molecule has 0 heterocycles. The summed E-state index contributed by atoms with van der Waals surface area (Å²) in [4.78, 5) is 0. The summed E-state index contributed by atoms with van der Waals surface area (Å²) in [5.41, 5.74) is 3.79. The molecule has 2 rings (SSSR count). The number of aryl methyl sites for hydroxylation is 1. The zero-order chi connectivity index (χ0) is 9.64. The van der Waals surface area contributed by atoms with Gasteiger partial charge in [-0.05, 0) is 35.4 Å². The van der Waals surface area contributed by atoms with Gasteiger partial charge in [0, 0.05) is 0 Å². The summed E-state index contributed by atoms with van der Waals surface area (Å²) in [7, 11) is 0. The first-order valence-corrected chi connectivity index (χ1v) is 4.79. The van der Waals surface area contributed by atoms with Gasteiger partial charge in [0.2, 0.25) is 0 Å². The molecule has 0 fully saturated rings. The average molecular weight is 176 g/mol. The van der Waals surface area contributed by atoms with Crippen LogP contribution in [-0.4, -0.2) is 5.11 Å². The van der Waals surface area contributed by atoms with Crippen LogP contribution in [0.5, 0.6) is 0 Å². The monoisotopic (exact) mass is 176 g/mol. The van der Waals surface area contributed by atoms with Crippen LogP contribution in [0.2, 0.25) is 0 Å². The highest BCUT2D eigenvalue weighted by Gasteiger charge is 2.37. The van der Waals surface area contributed by atoms with E-state index in [0.717, 1.165) is 12.0 Å². The normalized spacial score (nSPS) is 24.5. The van der Waals surface area contributed by atoms with Gasteiger partial charge >= 0.3 is 0 Å². The van der Waals surface area contributed by atoms with E-state index in [-0.39, 0.29) is 11.5 Å². The first-order valence-electron chi connectivity index (χ1n) is 4.79. The van der Waals surface area contributed by atoms with Crippen molar-refractivity contribution in [3.05, 3.63) is 34.9 Å². The lowest BCUT2D eigenvalue weighted by atomic mass is 9.87. The molecule has 0 aromatic heterocycles. The fraction of sp³-hybridized carbons (Fsp3) is 0.500. The van der Waals surface area contributed by atoms with Crippen LogP contribution in [0.3, 0.4) is 0 Å². The predicted molar refractivity (Wildman–Crippen MR) is 53.6 cm³/mol. The van der Waals surface area contributed by atoms with Gasteiger partial charge in [0.1, 0.15) is 0 Å². The summed E-state index contributed by atoms with van der Waals surface area (Å²) in [6.07, 6.45) is 0.707. The maximum absolute atomic E-state index is 10.0. The number of benzene rings is 1. The van der Waals surface area contributed by atoms with E-state index < -0.39 is 0 Å². The summed E-state index contributed by atoms with van der Waals surface area (Å²) in [5, 5.41) is 10.0. The van der Waals surface area contributed by atoms with Gasteiger partial charge in [-0.25, -0.2) is 0 Å². The summed E-state index contributed by atoms with van der Waals surface area (Å²) >= 11 is 0. The lowest BCUT2D eigenvalue weighted by Crippen LogP contribution is -2.16. The standard InChI is InChI=1S/C12H16O/c1-8-5-4-6-9-10(8)7-12(2,3)11(9)13/h4-6,11,13H,7H2,1-3H3. The SMILES string of the molecule is Cc1cccc2c1CC(C)(C)C2O. The van der Waals surface area contributed by atoms with Gasteiger partial charge in [0.25, 0.3) is 0 Å². The quantitative estimate of drug-likeness (QED) is 0.644. The summed E-state index contributed by atoms with van der Waals surface area (Å²) < 4.78 is 0. The summed E-state index contributed by atoms with van der Waals surface area (Å²) in [5.74, 6) is 0. The average Bonchev–Trinajstić information content (AvgIpc) is 2.28. The van der Waals surface area contributed by atoms with Crippen molar-refractivity contribution in [1.29, 1.82) is 0 Å². The van der Waals surface area contributed by atoms with E-state index in [4.69, 9.17) is 0 Å². The van der Waals surface area contributed by atoms with E-state index >= 15 is 0 Å². The molecular weight excluding hydrogens is 160 g/mol. The van der Waals surface area contributed by atoms with E-state index in [1.807, 2.05) is 12.1 Å². The summed E-state index contributed by atoms with van der Waals surface area (Å²) in [6.45, 7) is 6.36. The van der Waals surface area contributed by atoms with Gasteiger partial charge in [0.15, 0.2) is 0 Å². The number of hydrogen-bond donors (Lipinski definition) is 1. The van der Waals surface area contributed by atoms with Gasteiger partial charge in [-0.15, -0.1) is 0 Å². The minimum Gasteiger partial charge on any atom is -0.388 e. The van der Waals surface area contributed by atoms with Crippen LogP contribution in [-0.2, 0) is 6.42 Å². The largest absolute Gasteiger partial charge is 0.388 e. The van der Waals surface area contributed by atoms with Crippen molar-refractivity contribution in [2.45, 2.75) is 33.3 Å².